The second-order valence-electron chi connectivity index (χ2n) is 5.70. The maximum absolute atomic E-state index is 12.2. The van der Waals surface area contributed by atoms with Crippen LogP contribution in [0.25, 0.3) is 0 Å². The fourth-order valence-corrected chi connectivity index (χ4v) is 2.45. The third-order valence-electron chi connectivity index (χ3n) is 3.79. The number of esters is 1. The number of amides is 3. The molecule has 6 heteroatoms. The van der Waals surface area contributed by atoms with Crippen molar-refractivity contribution in [1.82, 2.24) is 10.6 Å². The number of hydrogen-bond acceptors (Lipinski definition) is 4. The molecule has 1 atom stereocenters. The highest BCUT2D eigenvalue weighted by Crippen LogP contribution is 2.20. The van der Waals surface area contributed by atoms with Crippen molar-refractivity contribution < 1.29 is 19.1 Å². The summed E-state index contributed by atoms with van der Waals surface area (Å²) >= 11 is 0. The minimum absolute atomic E-state index is 0.297. The molecule has 0 saturated heterocycles. The Morgan fingerprint density at radius 3 is 2.19 bits per heavy atom. The first-order valence-corrected chi connectivity index (χ1v) is 8.43. The molecule has 3 amide bonds. The molecule has 0 aliphatic heterocycles. The molecular weight excluding hydrogens is 332 g/mol. The van der Waals surface area contributed by atoms with Crippen LogP contribution in [0.3, 0.4) is 0 Å². The molecule has 0 heterocycles. The van der Waals surface area contributed by atoms with Crippen molar-refractivity contribution in [2.24, 2.45) is 0 Å². The SMILES string of the molecule is CC[C@@H](C(=O)OCC(=O)NC(=O)NCc1ccccc1)c1ccccc1. The van der Waals surface area contributed by atoms with E-state index in [1.165, 1.54) is 0 Å². The molecule has 0 spiro atoms. The average Bonchev–Trinajstić information content (AvgIpc) is 2.67. The van der Waals surface area contributed by atoms with Crippen molar-refractivity contribution >= 4 is 17.9 Å². The minimum atomic E-state index is -0.674. The molecule has 0 aliphatic rings. The minimum Gasteiger partial charge on any atom is -0.455 e. The number of urea groups is 1. The molecule has 0 aliphatic carbocycles. The first-order chi connectivity index (χ1) is 12.6. The third-order valence-corrected chi connectivity index (χ3v) is 3.79. The Kier molecular flexibility index (Phi) is 7.36. The maximum atomic E-state index is 12.2. The number of benzene rings is 2. The zero-order valence-corrected chi connectivity index (χ0v) is 14.6. The van der Waals surface area contributed by atoms with Gasteiger partial charge in [0.15, 0.2) is 6.61 Å². The number of rotatable bonds is 7. The van der Waals surface area contributed by atoms with Gasteiger partial charge < -0.3 is 10.1 Å². The number of hydrogen-bond donors (Lipinski definition) is 2. The summed E-state index contributed by atoms with van der Waals surface area (Å²) in [6, 6.07) is 17.9. The summed E-state index contributed by atoms with van der Waals surface area (Å²) in [6.07, 6.45) is 0.558. The van der Waals surface area contributed by atoms with Gasteiger partial charge in [0.2, 0.25) is 0 Å². The number of ether oxygens (including phenoxy) is 1. The van der Waals surface area contributed by atoms with E-state index < -0.39 is 30.4 Å². The van der Waals surface area contributed by atoms with Crippen LogP contribution in [0.5, 0.6) is 0 Å². The Bertz CT molecular complexity index is 732. The second-order valence-corrected chi connectivity index (χ2v) is 5.70. The van der Waals surface area contributed by atoms with Crippen LogP contribution in [0.15, 0.2) is 60.7 Å². The quantitative estimate of drug-likeness (QED) is 0.749. The van der Waals surface area contributed by atoms with Crippen LogP contribution in [0, 0.1) is 0 Å². The molecule has 0 aromatic heterocycles. The molecule has 6 nitrogen and oxygen atoms in total. The highest BCUT2D eigenvalue weighted by molar-refractivity contribution is 5.95. The van der Waals surface area contributed by atoms with E-state index in [-0.39, 0.29) is 0 Å². The molecule has 0 saturated carbocycles. The van der Waals surface area contributed by atoms with Crippen molar-refractivity contribution in [2.45, 2.75) is 25.8 Å². The molecule has 136 valence electrons. The molecule has 0 fully saturated rings. The first kappa shape index (κ1) is 19.2. The van der Waals surface area contributed by atoms with Crippen LogP contribution in [0.1, 0.15) is 30.4 Å². The number of nitrogens with one attached hydrogen (secondary N) is 2. The van der Waals surface area contributed by atoms with Gasteiger partial charge in [0, 0.05) is 6.54 Å². The van der Waals surface area contributed by atoms with Crippen molar-refractivity contribution in [3.8, 4) is 0 Å². The molecule has 0 unspecified atom stereocenters. The van der Waals surface area contributed by atoms with Crippen LogP contribution < -0.4 is 10.6 Å². The maximum Gasteiger partial charge on any atom is 0.321 e. The van der Waals surface area contributed by atoms with Gasteiger partial charge >= 0.3 is 12.0 Å². The third kappa shape index (κ3) is 6.05. The van der Waals surface area contributed by atoms with Gasteiger partial charge in [0.25, 0.3) is 5.91 Å². The molecule has 0 bridgehead atoms. The average molecular weight is 354 g/mol. The van der Waals surface area contributed by atoms with Crippen LogP contribution >= 0.6 is 0 Å². The Labute approximate surface area is 152 Å². The van der Waals surface area contributed by atoms with Crippen LogP contribution in [-0.4, -0.2) is 24.5 Å². The van der Waals surface area contributed by atoms with Crippen molar-refractivity contribution in [1.29, 1.82) is 0 Å². The molecule has 2 aromatic carbocycles. The van der Waals surface area contributed by atoms with Gasteiger partial charge in [0.1, 0.15) is 0 Å². The lowest BCUT2D eigenvalue weighted by Gasteiger charge is -2.14. The topological polar surface area (TPSA) is 84.5 Å². The molecular formula is C20H22N2O4. The summed E-state index contributed by atoms with van der Waals surface area (Å²) in [5.41, 5.74) is 1.75. The zero-order valence-electron chi connectivity index (χ0n) is 14.6. The lowest BCUT2D eigenvalue weighted by molar-refractivity contribution is -0.149. The van der Waals surface area contributed by atoms with Gasteiger partial charge in [-0.05, 0) is 17.5 Å². The lowest BCUT2D eigenvalue weighted by Crippen LogP contribution is -2.41. The lowest BCUT2D eigenvalue weighted by atomic mass is 9.97. The first-order valence-electron chi connectivity index (χ1n) is 8.43. The standard InChI is InChI=1S/C20H22N2O4/c1-2-17(16-11-7-4-8-12-16)19(24)26-14-18(23)22-20(25)21-13-15-9-5-3-6-10-15/h3-12,17H,2,13-14H2,1H3,(H2,21,22,23,25)/t17-/m1/s1. The Morgan fingerprint density at radius 1 is 0.962 bits per heavy atom. The summed E-state index contributed by atoms with van der Waals surface area (Å²) in [6.45, 7) is 1.67. The summed E-state index contributed by atoms with van der Waals surface area (Å²) in [5.74, 6) is -1.60. The number of carbonyl (C=O) groups excluding carboxylic acids is 3. The summed E-state index contributed by atoms with van der Waals surface area (Å²) in [7, 11) is 0. The molecule has 2 aromatic rings. The Morgan fingerprint density at radius 2 is 1.58 bits per heavy atom. The normalized spacial score (nSPS) is 11.3. The summed E-state index contributed by atoms with van der Waals surface area (Å²) < 4.78 is 5.04. The molecule has 0 radical (unpaired) electrons. The van der Waals surface area contributed by atoms with E-state index in [0.29, 0.717) is 13.0 Å². The van der Waals surface area contributed by atoms with Crippen molar-refractivity contribution in [3.05, 3.63) is 71.8 Å². The van der Waals surface area contributed by atoms with E-state index >= 15 is 0 Å². The second kappa shape index (κ2) is 9.98. The van der Waals surface area contributed by atoms with E-state index in [2.05, 4.69) is 10.6 Å². The van der Waals surface area contributed by atoms with E-state index in [9.17, 15) is 14.4 Å². The van der Waals surface area contributed by atoms with Crippen molar-refractivity contribution in [3.63, 3.8) is 0 Å². The van der Waals surface area contributed by atoms with E-state index in [0.717, 1.165) is 11.1 Å². The number of imide groups is 1. The zero-order chi connectivity index (χ0) is 18.8. The summed E-state index contributed by atoms with van der Waals surface area (Å²) in [5, 5.41) is 4.70. The fourth-order valence-electron chi connectivity index (χ4n) is 2.45. The van der Waals surface area contributed by atoms with Crippen LogP contribution in [0.2, 0.25) is 0 Å². The van der Waals surface area contributed by atoms with Crippen LogP contribution in [-0.2, 0) is 20.9 Å². The smallest absolute Gasteiger partial charge is 0.321 e. The van der Waals surface area contributed by atoms with Crippen LogP contribution in [0.4, 0.5) is 4.79 Å². The molecule has 2 rings (SSSR count). The highest BCUT2D eigenvalue weighted by Gasteiger charge is 2.21. The number of carbonyl (C=O) groups is 3. The van der Waals surface area contributed by atoms with Gasteiger partial charge in [0.05, 0.1) is 5.92 Å². The van der Waals surface area contributed by atoms with Gasteiger partial charge in [-0.3, -0.25) is 14.9 Å². The van der Waals surface area contributed by atoms with Gasteiger partial charge in [-0.25, -0.2) is 4.79 Å². The summed E-state index contributed by atoms with van der Waals surface area (Å²) in [4.78, 5) is 35.6. The van der Waals surface area contributed by atoms with Crippen molar-refractivity contribution in [2.75, 3.05) is 6.61 Å². The van der Waals surface area contributed by atoms with Gasteiger partial charge in [-0.2, -0.15) is 0 Å². The van der Waals surface area contributed by atoms with E-state index in [4.69, 9.17) is 4.74 Å². The predicted octanol–water partition coefficient (Wildman–Crippen LogP) is 2.75. The van der Waals surface area contributed by atoms with E-state index in [1.54, 1.807) is 0 Å². The van der Waals surface area contributed by atoms with E-state index in [1.807, 2.05) is 67.6 Å². The monoisotopic (exact) mass is 354 g/mol. The van der Waals surface area contributed by atoms with Gasteiger partial charge in [-0.15, -0.1) is 0 Å². The molecule has 26 heavy (non-hydrogen) atoms. The Balaban J connectivity index is 1.75. The largest absolute Gasteiger partial charge is 0.455 e. The Hall–Kier alpha value is -3.15. The highest BCUT2D eigenvalue weighted by atomic mass is 16.5. The fraction of sp³-hybridized carbons (Fsp3) is 0.250. The van der Waals surface area contributed by atoms with Gasteiger partial charge in [-0.1, -0.05) is 67.6 Å². The predicted molar refractivity (Wildman–Crippen MR) is 97.3 cm³/mol. The molecule has 2 N–H and O–H groups in total.